The number of alkyl halides is 4. The summed E-state index contributed by atoms with van der Waals surface area (Å²) >= 11 is 11.6. The van der Waals surface area contributed by atoms with Crippen molar-refractivity contribution in [2.75, 3.05) is 31.0 Å². The molecule has 0 aliphatic carbocycles. The smallest absolute Gasteiger partial charge is 0.431 e. The van der Waals surface area contributed by atoms with Crippen molar-refractivity contribution in [1.29, 1.82) is 0 Å². The summed E-state index contributed by atoms with van der Waals surface area (Å²) in [6.45, 7) is 8.23. The van der Waals surface area contributed by atoms with E-state index in [0.717, 1.165) is 29.9 Å². The first kappa shape index (κ1) is 35.6. The van der Waals surface area contributed by atoms with E-state index in [1.165, 1.54) is 12.1 Å². The largest absolute Gasteiger partial charge is 0.459 e. The standard InChI is InChI=1S/C16H14ClF3N2O4.C13H18ClNO2/c1-8(2)26-14(24)10-6-9(4-5-11(10)17)22-13(23)7-12(16(18,19)20)21(3)15(22)25;1-10-5-4-6-11(2)13(10)15(7-8-17-3)12(16)9-14/h4-8H,1-3H3;4-6H,7-9H2,1-3H3. The molecule has 0 N–H and O–H groups in total. The van der Waals surface area contributed by atoms with E-state index >= 15 is 0 Å². The van der Waals surface area contributed by atoms with Gasteiger partial charge in [-0.2, -0.15) is 13.2 Å². The molecule has 0 aliphatic heterocycles. The highest BCUT2D eigenvalue weighted by Crippen LogP contribution is 2.27. The average Bonchev–Trinajstić information content (AvgIpc) is 2.92. The monoisotopic (exact) mass is 645 g/mol. The Bertz CT molecular complexity index is 1560. The number of carbonyl (C=O) groups excluding carboxylic acids is 2. The fourth-order valence-electron chi connectivity index (χ4n) is 4.07. The minimum Gasteiger partial charge on any atom is -0.459 e. The Morgan fingerprint density at radius 3 is 2.16 bits per heavy atom. The Balaban J connectivity index is 0.000000329. The zero-order chi connectivity index (χ0) is 32.6. The van der Waals surface area contributed by atoms with Crippen molar-refractivity contribution in [2.24, 2.45) is 7.05 Å². The highest BCUT2D eigenvalue weighted by Gasteiger charge is 2.35. The van der Waals surface area contributed by atoms with Crippen LogP contribution in [0.4, 0.5) is 18.9 Å². The lowest BCUT2D eigenvalue weighted by molar-refractivity contribution is -0.144. The van der Waals surface area contributed by atoms with Gasteiger partial charge in [-0.3, -0.25) is 14.2 Å². The van der Waals surface area contributed by atoms with Crippen LogP contribution in [-0.4, -0.2) is 53.3 Å². The third-order valence-corrected chi connectivity index (χ3v) is 6.58. The molecule has 3 aromatic rings. The summed E-state index contributed by atoms with van der Waals surface area (Å²) in [7, 11) is 2.51. The van der Waals surface area contributed by atoms with E-state index in [0.29, 0.717) is 28.4 Å². The number of nitrogens with zero attached hydrogens (tertiary/aromatic N) is 3. The Kier molecular flexibility index (Phi) is 12.6. The lowest BCUT2D eigenvalue weighted by Crippen LogP contribution is -2.40. The van der Waals surface area contributed by atoms with Gasteiger partial charge in [0, 0.05) is 32.5 Å². The van der Waals surface area contributed by atoms with Crippen LogP contribution in [0.2, 0.25) is 5.02 Å². The number of halogens is 5. The van der Waals surface area contributed by atoms with E-state index in [9.17, 15) is 32.3 Å². The number of para-hydroxylation sites is 1. The fraction of sp³-hybridized carbons (Fsp3) is 0.379. The van der Waals surface area contributed by atoms with E-state index < -0.39 is 35.2 Å². The molecule has 2 aromatic carbocycles. The second-order valence-corrected chi connectivity index (χ2v) is 10.2. The second-order valence-electron chi connectivity index (χ2n) is 9.57. The first-order chi connectivity index (χ1) is 20.0. The third-order valence-electron chi connectivity index (χ3n) is 6.03. The van der Waals surface area contributed by atoms with Gasteiger partial charge in [-0.25, -0.2) is 14.2 Å². The van der Waals surface area contributed by atoms with Gasteiger partial charge < -0.3 is 14.4 Å². The molecule has 234 valence electrons. The number of amides is 1. The topological polar surface area (TPSA) is 99.8 Å². The SMILES string of the molecule is CC(C)OC(=O)c1cc(-n2c(=O)cc(C(F)(F)F)n(C)c2=O)ccc1Cl.COCCN(C(=O)CCl)c1c(C)cccc1C. The van der Waals surface area contributed by atoms with Gasteiger partial charge in [0.15, 0.2) is 0 Å². The van der Waals surface area contributed by atoms with Gasteiger partial charge in [0.2, 0.25) is 5.91 Å². The van der Waals surface area contributed by atoms with E-state index in [2.05, 4.69) is 0 Å². The van der Waals surface area contributed by atoms with Crippen molar-refractivity contribution in [3.63, 3.8) is 0 Å². The third kappa shape index (κ3) is 8.94. The number of carbonyl (C=O) groups is 2. The molecule has 0 aliphatic rings. The molecule has 0 saturated heterocycles. The van der Waals surface area contributed by atoms with Crippen molar-refractivity contribution in [3.8, 4) is 5.69 Å². The van der Waals surface area contributed by atoms with Crippen molar-refractivity contribution >= 4 is 40.8 Å². The molecule has 9 nitrogen and oxygen atoms in total. The molecule has 0 spiro atoms. The molecule has 3 rings (SSSR count). The van der Waals surface area contributed by atoms with Gasteiger partial charge in [0.05, 0.1) is 29.0 Å². The van der Waals surface area contributed by atoms with Crippen molar-refractivity contribution in [2.45, 2.75) is 40.0 Å². The molecule has 1 heterocycles. The Morgan fingerprint density at radius 2 is 1.65 bits per heavy atom. The van der Waals surface area contributed by atoms with Gasteiger partial charge in [-0.05, 0) is 57.0 Å². The average molecular weight is 646 g/mol. The van der Waals surface area contributed by atoms with Crippen LogP contribution in [-0.2, 0) is 27.5 Å². The molecule has 0 fully saturated rings. The van der Waals surface area contributed by atoms with Gasteiger partial charge in [-0.1, -0.05) is 29.8 Å². The van der Waals surface area contributed by atoms with E-state index in [4.69, 9.17) is 32.7 Å². The van der Waals surface area contributed by atoms with E-state index in [-0.39, 0.29) is 28.1 Å². The highest BCUT2D eigenvalue weighted by atomic mass is 35.5. The van der Waals surface area contributed by atoms with Crippen LogP contribution in [0, 0.1) is 13.8 Å². The maximum absolute atomic E-state index is 12.9. The van der Waals surface area contributed by atoms with Crippen LogP contribution in [0.3, 0.4) is 0 Å². The molecular weight excluding hydrogens is 614 g/mol. The normalized spacial score (nSPS) is 11.2. The second kappa shape index (κ2) is 15.2. The van der Waals surface area contributed by atoms with Crippen LogP contribution in [0.25, 0.3) is 5.69 Å². The Hall–Kier alpha value is -3.61. The van der Waals surface area contributed by atoms with Gasteiger partial charge in [-0.15, -0.1) is 11.6 Å². The fourth-order valence-corrected chi connectivity index (χ4v) is 4.41. The number of ether oxygens (including phenoxy) is 2. The van der Waals surface area contributed by atoms with Crippen molar-refractivity contribution < 1.29 is 32.2 Å². The minimum absolute atomic E-state index is 0.0104. The summed E-state index contributed by atoms with van der Waals surface area (Å²) in [5, 5.41) is 0.0104. The molecule has 0 bridgehead atoms. The zero-order valence-electron chi connectivity index (χ0n) is 24.4. The lowest BCUT2D eigenvalue weighted by Gasteiger charge is -2.25. The number of esters is 1. The summed E-state index contributed by atoms with van der Waals surface area (Å²) in [6, 6.07) is 9.87. The van der Waals surface area contributed by atoms with Crippen LogP contribution in [0.15, 0.2) is 52.1 Å². The summed E-state index contributed by atoms with van der Waals surface area (Å²) in [5.74, 6) is -0.901. The van der Waals surface area contributed by atoms with Crippen LogP contribution in [0.5, 0.6) is 0 Å². The summed E-state index contributed by atoms with van der Waals surface area (Å²) in [6.07, 6.45) is -5.30. The Labute approximate surface area is 256 Å². The van der Waals surface area contributed by atoms with E-state index in [1.807, 2.05) is 32.0 Å². The minimum atomic E-state index is -4.86. The quantitative estimate of drug-likeness (QED) is 0.244. The molecule has 1 amide bonds. The van der Waals surface area contributed by atoms with Gasteiger partial charge >= 0.3 is 17.8 Å². The maximum Gasteiger partial charge on any atom is 0.431 e. The number of hydrogen-bond acceptors (Lipinski definition) is 6. The summed E-state index contributed by atoms with van der Waals surface area (Å²) in [4.78, 5) is 50.0. The number of methoxy groups -OCH3 is 1. The molecule has 14 heteroatoms. The zero-order valence-corrected chi connectivity index (χ0v) is 25.9. The first-order valence-electron chi connectivity index (χ1n) is 12.9. The molecule has 0 saturated carbocycles. The predicted octanol–water partition coefficient (Wildman–Crippen LogP) is 5.30. The lowest BCUT2D eigenvalue weighted by atomic mass is 10.1. The van der Waals surface area contributed by atoms with Gasteiger partial charge in [0.25, 0.3) is 5.56 Å². The van der Waals surface area contributed by atoms with Gasteiger partial charge in [0.1, 0.15) is 11.6 Å². The molecule has 1 aromatic heterocycles. The molecule has 0 unspecified atom stereocenters. The number of anilines is 1. The molecule has 43 heavy (non-hydrogen) atoms. The molecule has 0 radical (unpaired) electrons. The number of aryl methyl sites for hydroxylation is 2. The molecular formula is C29H32Cl2F3N3O6. The van der Waals surface area contributed by atoms with E-state index in [1.54, 1.807) is 25.9 Å². The number of hydrogen-bond donors (Lipinski definition) is 0. The molecule has 0 atom stereocenters. The first-order valence-corrected chi connectivity index (χ1v) is 13.8. The summed E-state index contributed by atoms with van der Waals surface area (Å²) in [5.41, 5.74) is -0.927. The number of benzene rings is 2. The van der Waals surface area contributed by atoms with Crippen LogP contribution in [0.1, 0.15) is 41.0 Å². The van der Waals surface area contributed by atoms with Crippen molar-refractivity contribution in [1.82, 2.24) is 9.13 Å². The van der Waals surface area contributed by atoms with Crippen LogP contribution >= 0.6 is 23.2 Å². The van der Waals surface area contributed by atoms with Crippen molar-refractivity contribution in [3.05, 3.63) is 90.7 Å². The number of rotatable bonds is 8. The number of aromatic nitrogens is 2. The summed E-state index contributed by atoms with van der Waals surface area (Å²) < 4.78 is 49.6. The Morgan fingerprint density at radius 1 is 1.05 bits per heavy atom. The predicted molar refractivity (Wildman–Crippen MR) is 159 cm³/mol. The highest BCUT2D eigenvalue weighted by molar-refractivity contribution is 6.33. The van der Waals surface area contributed by atoms with Crippen LogP contribution < -0.4 is 16.1 Å². The maximum atomic E-state index is 12.9.